The fraction of sp³-hybridized carbons (Fsp3) is 0.809. The van der Waals surface area contributed by atoms with Gasteiger partial charge in [0.25, 0.3) is 0 Å². The van der Waals surface area contributed by atoms with Crippen molar-refractivity contribution in [2.75, 3.05) is 20.8 Å². The van der Waals surface area contributed by atoms with Gasteiger partial charge in [0.2, 0.25) is 0 Å². The van der Waals surface area contributed by atoms with Gasteiger partial charge in [-0.05, 0) is 69.1 Å². The Kier molecular flexibility index (Phi) is 14.9. The summed E-state index contributed by atoms with van der Waals surface area (Å²) in [6, 6.07) is 0. The van der Waals surface area contributed by atoms with Gasteiger partial charge in [0, 0.05) is 58.2 Å². The Morgan fingerprint density at radius 3 is 2.33 bits per heavy atom. The summed E-state index contributed by atoms with van der Waals surface area (Å²) in [7, 11) is 3.25. The van der Waals surface area contributed by atoms with Crippen LogP contribution < -0.4 is 0 Å². The number of aliphatic hydroxyl groups excluding tert-OH is 2. The van der Waals surface area contributed by atoms with E-state index < -0.39 is 73.1 Å². The van der Waals surface area contributed by atoms with Crippen molar-refractivity contribution in [1.29, 1.82) is 0 Å². The molecule has 0 saturated carbocycles. The molecule has 1 aliphatic carbocycles. The molecule has 7 aliphatic rings. The first-order valence-electron chi connectivity index (χ1n) is 22.5. The third-order valence-corrected chi connectivity index (χ3v) is 14.2. The van der Waals surface area contributed by atoms with Gasteiger partial charge in [-0.3, -0.25) is 4.79 Å². The van der Waals surface area contributed by atoms with Crippen molar-refractivity contribution in [3.63, 3.8) is 0 Å². The minimum atomic E-state index is -0.863. The molecule has 0 radical (unpaired) electrons. The predicted molar refractivity (Wildman–Crippen MR) is 221 cm³/mol. The Balaban J connectivity index is 1.16. The second-order valence-electron chi connectivity index (χ2n) is 19.1. The number of fused-ring (bicyclic) bond motifs is 2. The van der Waals surface area contributed by atoms with Crippen molar-refractivity contribution in [1.82, 2.24) is 0 Å². The molecule has 1 spiro atoms. The van der Waals surface area contributed by atoms with E-state index >= 15 is 0 Å². The number of aliphatic hydroxyl groups is 2. The second-order valence-corrected chi connectivity index (χ2v) is 19.1. The standard InChI is InChI=1S/C47H72O13/c1-24(2)42-27(5)16-17-47(60-42)22-33-19-32(59-47)15-14-26(4)43(25(3)12-11-13-31-23-53-45-39(31)34(46(50)56-33)18-28(6)40(45)48)57-38-21-36(52-10)44(30(8)55-38)58-37-20-35(51-9)41(49)29(7)54-37/h11-14,18,24-25,27,29-30,32-45,48-49H,15-17,19-23H2,1-10H3/b12-11+,26-14+,31-13+/t25-,27-,29+,30-,32+,33-,34+,35+,36+,37-,38-,39+,40+,41-,42-,43-,44-,45+,47+/m0/s1. The molecule has 7 rings (SSSR count). The Labute approximate surface area is 357 Å². The van der Waals surface area contributed by atoms with Crippen molar-refractivity contribution in [2.24, 2.45) is 29.6 Å². The van der Waals surface area contributed by atoms with Gasteiger partial charge >= 0.3 is 5.97 Å². The van der Waals surface area contributed by atoms with E-state index in [4.69, 9.17) is 47.4 Å². The summed E-state index contributed by atoms with van der Waals surface area (Å²) in [4.78, 5) is 14.3. The Morgan fingerprint density at radius 2 is 1.60 bits per heavy atom. The third-order valence-electron chi connectivity index (χ3n) is 14.2. The lowest BCUT2D eigenvalue weighted by Gasteiger charge is -2.50. The Hall–Kier alpha value is -2.01. The smallest absolute Gasteiger partial charge is 0.313 e. The highest BCUT2D eigenvalue weighted by Gasteiger charge is 2.52. The summed E-state index contributed by atoms with van der Waals surface area (Å²) in [5.41, 5.74) is 2.69. The number of methoxy groups -OCH3 is 2. The van der Waals surface area contributed by atoms with E-state index in [1.807, 2.05) is 39.0 Å². The van der Waals surface area contributed by atoms with Gasteiger partial charge in [0.15, 0.2) is 18.4 Å². The minimum absolute atomic E-state index is 0.0247. The molecule has 2 bridgehead atoms. The molecule has 0 aromatic rings. The number of esters is 1. The molecule has 0 aromatic heterocycles. The van der Waals surface area contributed by atoms with E-state index in [0.717, 1.165) is 24.0 Å². The summed E-state index contributed by atoms with van der Waals surface area (Å²) in [5.74, 6) is -1.51. The van der Waals surface area contributed by atoms with Crippen LogP contribution in [0.25, 0.3) is 0 Å². The van der Waals surface area contributed by atoms with E-state index in [1.165, 1.54) is 0 Å². The first-order chi connectivity index (χ1) is 28.6. The first kappa shape index (κ1) is 46.0. The van der Waals surface area contributed by atoms with Crippen LogP contribution in [0.2, 0.25) is 0 Å². The molecule has 13 heteroatoms. The highest BCUT2D eigenvalue weighted by molar-refractivity contribution is 5.76. The number of allylic oxidation sites excluding steroid dienone is 2. The maximum atomic E-state index is 14.3. The largest absolute Gasteiger partial charge is 0.462 e. The summed E-state index contributed by atoms with van der Waals surface area (Å²) >= 11 is 0. The van der Waals surface area contributed by atoms with Gasteiger partial charge in [0.1, 0.15) is 24.4 Å². The predicted octanol–water partition coefficient (Wildman–Crippen LogP) is 6.10. The van der Waals surface area contributed by atoms with Crippen LogP contribution in [0.1, 0.15) is 100 Å². The lowest BCUT2D eigenvalue weighted by molar-refractivity contribution is -0.340. The molecule has 0 aromatic carbocycles. The van der Waals surface area contributed by atoms with E-state index in [9.17, 15) is 15.0 Å². The summed E-state index contributed by atoms with van der Waals surface area (Å²) < 4.78 is 64.1. The average molecular weight is 845 g/mol. The fourth-order valence-corrected chi connectivity index (χ4v) is 10.8. The molecule has 6 heterocycles. The summed E-state index contributed by atoms with van der Waals surface area (Å²) in [6.45, 7) is 16.8. The van der Waals surface area contributed by atoms with Crippen LogP contribution in [0.4, 0.5) is 0 Å². The van der Waals surface area contributed by atoms with Crippen LogP contribution >= 0.6 is 0 Å². The molecule has 2 N–H and O–H groups in total. The number of hydrogen-bond donors (Lipinski definition) is 2. The fourth-order valence-electron chi connectivity index (χ4n) is 10.8. The van der Waals surface area contributed by atoms with Crippen LogP contribution in [-0.2, 0) is 52.2 Å². The van der Waals surface area contributed by atoms with Gasteiger partial charge in [-0.25, -0.2) is 0 Å². The molecule has 0 unspecified atom stereocenters. The molecular formula is C47H72O13. The monoisotopic (exact) mass is 844 g/mol. The zero-order chi connectivity index (χ0) is 43.0. The molecule has 338 valence electrons. The van der Waals surface area contributed by atoms with Crippen molar-refractivity contribution in [2.45, 2.75) is 192 Å². The molecule has 60 heavy (non-hydrogen) atoms. The van der Waals surface area contributed by atoms with Crippen LogP contribution in [0.5, 0.6) is 0 Å². The van der Waals surface area contributed by atoms with Crippen LogP contribution in [0.3, 0.4) is 0 Å². The quantitative estimate of drug-likeness (QED) is 0.225. The number of ether oxygens (including phenoxy) is 10. The highest BCUT2D eigenvalue weighted by atomic mass is 16.7. The van der Waals surface area contributed by atoms with Crippen molar-refractivity contribution < 1.29 is 62.4 Å². The second kappa shape index (κ2) is 19.4. The van der Waals surface area contributed by atoms with Gasteiger partial charge in [0.05, 0.1) is 61.4 Å². The summed E-state index contributed by atoms with van der Waals surface area (Å²) in [5, 5.41) is 21.7. The zero-order valence-corrected chi connectivity index (χ0v) is 37.4. The van der Waals surface area contributed by atoms with E-state index in [-0.39, 0.29) is 42.2 Å². The molecule has 6 aliphatic heterocycles. The molecular weight excluding hydrogens is 773 g/mol. The number of carbonyl (C=O) groups excluding carboxylic acids is 1. The maximum absolute atomic E-state index is 14.3. The highest BCUT2D eigenvalue weighted by Crippen LogP contribution is 2.46. The van der Waals surface area contributed by atoms with Gasteiger partial charge in [-0.15, -0.1) is 0 Å². The lowest BCUT2D eigenvalue weighted by Crippen LogP contribution is -2.55. The SMILES string of the molecule is CO[C@@H]1C[C@H](O[C@H]2[C@H](C)O[C@@H](O[C@@H]3/C(C)=C/C[C@@H]4C[C@@H](C[C@]5(CC[C@H](C)[C@H](C(C)C)O5)O4)OC(=O)[C@@H]4C=C(C)[C@@H](O)[C@@H]5OC/C(=C\C=C\[C@@H]3C)[C@@H]54)C[C@H]2OC)O[C@H](C)[C@@H]1O. The number of hydrogen-bond acceptors (Lipinski definition) is 13. The van der Waals surface area contributed by atoms with Gasteiger partial charge in [-0.1, -0.05) is 58.1 Å². The Morgan fingerprint density at radius 1 is 0.883 bits per heavy atom. The Bertz CT molecular complexity index is 1610. The normalized spacial score (nSPS) is 49.0. The topological polar surface area (TPSA) is 150 Å². The van der Waals surface area contributed by atoms with Crippen LogP contribution in [-0.4, -0.2) is 129 Å². The first-order valence-corrected chi connectivity index (χ1v) is 22.5. The van der Waals surface area contributed by atoms with Gasteiger partial charge in [-0.2, -0.15) is 0 Å². The lowest BCUT2D eigenvalue weighted by atomic mass is 9.75. The van der Waals surface area contributed by atoms with Crippen molar-refractivity contribution >= 4 is 5.97 Å². The minimum Gasteiger partial charge on any atom is -0.462 e. The van der Waals surface area contributed by atoms with E-state index in [0.29, 0.717) is 56.1 Å². The molecule has 19 atom stereocenters. The number of rotatable bonds is 7. The van der Waals surface area contributed by atoms with Crippen molar-refractivity contribution in [3.8, 4) is 0 Å². The zero-order valence-electron chi connectivity index (χ0n) is 37.4. The molecule has 5 fully saturated rings. The van der Waals surface area contributed by atoms with E-state index in [1.54, 1.807) is 14.2 Å². The molecule has 13 nitrogen and oxygen atoms in total. The average Bonchev–Trinajstić information content (AvgIpc) is 3.63. The maximum Gasteiger partial charge on any atom is 0.313 e. The van der Waals surface area contributed by atoms with E-state index in [2.05, 4.69) is 46.8 Å². The third kappa shape index (κ3) is 9.87. The number of carbonyl (C=O) groups is 1. The molecule has 5 saturated heterocycles. The molecule has 0 amide bonds. The van der Waals surface area contributed by atoms with Gasteiger partial charge < -0.3 is 57.6 Å². The van der Waals surface area contributed by atoms with Crippen LogP contribution in [0, 0.1) is 29.6 Å². The van der Waals surface area contributed by atoms with Crippen molar-refractivity contribution in [3.05, 3.63) is 47.1 Å². The van der Waals surface area contributed by atoms with Crippen LogP contribution in [0.15, 0.2) is 47.1 Å². The summed E-state index contributed by atoms with van der Waals surface area (Å²) in [6.07, 6.45) is 7.98.